The largest absolute Gasteiger partial charge is 0.493 e. The van der Waals surface area contributed by atoms with Crippen LogP contribution in [0.4, 0.5) is 28.7 Å². The zero-order valence-electron chi connectivity index (χ0n) is 69.0. The highest BCUT2D eigenvalue weighted by Crippen LogP contribution is 2.28. The number of carbonyl (C=O) groups excluding carboxylic acids is 13. The zero-order chi connectivity index (χ0) is 86.1. The van der Waals surface area contributed by atoms with Gasteiger partial charge in [0.25, 0.3) is 29.5 Å². The van der Waals surface area contributed by atoms with E-state index in [0.717, 1.165) is 30.5 Å². The molecule has 0 aliphatic rings. The molecule has 0 radical (unpaired) electrons. The van der Waals surface area contributed by atoms with Gasteiger partial charge in [-0.25, -0.2) is 9.97 Å². The molecule has 0 fully saturated rings. The minimum absolute atomic E-state index is 0.00318. The van der Waals surface area contributed by atoms with Gasteiger partial charge in [-0.15, -0.1) is 0 Å². The van der Waals surface area contributed by atoms with E-state index in [1.807, 2.05) is 34.1 Å². The molecule has 0 bridgehead atoms. The third-order valence-corrected chi connectivity index (χ3v) is 20.3. The lowest BCUT2D eigenvalue weighted by Gasteiger charge is -2.13. The van der Waals surface area contributed by atoms with Crippen molar-refractivity contribution in [1.82, 2.24) is 62.0 Å². The normalized spacial score (nSPS) is 11.2. The Kier molecular flexibility index (Phi) is 29.8. The second-order valence-electron chi connectivity index (χ2n) is 30.1. The van der Waals surface area contributed by atoms with Crippen molar-refractivity contribution < 1.29 is 67.1 Å². The summed E-state index contributed by atoms with van der Waals surface area (Å²) in [4.78, 5) is 184. The van der Waals surface area contributed by atoms with E-state index in [-0.39, 0.29) is 157 Å². The van der Waals surface area contributed by atoms with Gasteiger partial charge in [0.2, 0.25) is 23.5 Å². The number of benzene rings is 2. The number of hydrogen-bond acceptors (Lipinski definition) is 17. The van der Waals surface area contributed by atoms with Crippen molar-refractivity contribution in [2.45, 2.75) is 110 Å². The number of halogens is 1. The van der Waals surface area contributed by atoms with Crippen LogP contribution < -0.4 is 42.0 Å². The SMILES string of the molecule is CCOc1ccc(CC(=O)CCCCC(=O)NCCC(=O)Nc2cc(C(=O)Nc3cn(C)c(C(=O)Nc4cn(C)c(C(=O)Nc5cc(C(=O)NCCCC(=O)Cc6cc(C(=O)Cc7cc(C(=O)Cc8cc(C(=O)Cc9cc(C(=O)CCCCN(C)C)n(C)c9)n(C)c8)n(C)c7)n(C)c6)n(C)c5)n4)n3)n(C)c2)cc1C(=O)Nc1ccc(Cl)c(C)c1. The molecule has 8 aromatic heterocycles. The van der Waals surface area contributed by atoms with E-state index < -0.39 is 35.4 Å². The fraction of sp³-hybridized carbons (Fsp3) is 0.360. The number of hydrogen-bond donors (Lipinski definition) is 7. The van der Waals surface area contributed by atoms with Crippen LogP contribution in [-0.2, 0) is 108 Å². The Hall–Kier alpha value is -13.1. The van der Waals surface area contributed by atoms with Gasteiger partial charge in [0.15, 0.2) is 34.8 Å². The first-order valence-electron chi connectivity index (χ1n) is 39.1. The number of imidazole rings is 2. The summed E-state index contributed by atoms with van der Waals surface area (Å²) in [5.74, 6) is -4.01. The number of aromatic nitrogens is 10. The molecule has 119 heavy (non-hydrogen) atoms. The summed E-state index contributed by atoms with van der Waals surface area (Å²) in [5.41, 5.74) is 7.70. The topological polar surface area (TPSA) is 384 Å². The summed E-state index contributed by atoms with van der Waals surface area (Å²) in [7, 11) is 17.3. The van der Waals surface area contributed by atoms with E-state index in [9.17, 15) is 62.3 Å². The van der Waals surface area contributed by atoms with Crippen LogP contribution in [-0.4, -0.2) is 168 Å². The molecule has 10 aromatic rings. The van der Waals surface area contributed by atoms with Crippen LogP contribution in [0.5, 0.6) is 5.75 Å². The van der Waals surface area contributed by atoms with Crippen LogP contribution in [0.25, 0.3) is 0 Å². The van der Waals surface area contributed by atoms with Gasteiger partial charge < -0.3 is 83.4 Å². The average Bonchev–Trinajstić information content (AvgIpc) is 1.68. The van der Waals surface area contributed by atoms with Gasteiger partial charge in [-0.05, 0) is 167 Å². The van der Waals surface area contributed by atoms with Gasteiger partial charge in [-0.3, -0.25) is 62.3 Å². The highest BCUT2D eigenvalue weighted by Gasteiger charge is 2.26. The van der Waals surface area contributed by atoms with E-state index in [2.05, 4.69) is 52.1 Å². The number of ether oxygens (including phenoxy) is 1. The molecule has 0 saturated heterocycles. The van der Waals surface area contributed by atoms with Gasteiger partial charge in [0, 0.05) is 194 Å². The van der Waals surface area contributed by atoms with E-state index in [0.29, 0.717) is 99.5 Å². The van der Waals surface area contributed by atoms with Gasteiger partial charge in [-0.1, -0.05) is 17.7 Å². The predicted octanol–water partition coefficient (Wildman–Crippen LogP) is 9.88. The number of ketones is 6. The second-order valence-corrected chi connectivity index (χ2v) is 30.5. The number of amides is 7. The molecule has 7 N–H and O–H groups in total. The monoisotopic (exact) mass is 1640 g/mol. The molecule has 0 aliphatic carbocycles. The van der Waals surface area contributed by atoms with Crippen LogP contribution in [0.1, 0.15) is 199 Å². The fourth-order valence-electron chi connectivity index (χ4n) is 13.9. The first kappa shape index (κ1) is 88.3. The highest BCUT2D eigenvalue weighted by molar-refractivity contribution is 6.31. The van der Waals surface area contributed by atoms with Crippen molar-refractivity contribution in [3.63, 3.8) is 0 Å². The quantitative estimate of drug-likeness (QED) is 0.0138. The number of carbonyl (C=O) groups is 13. The number of aryl methyl sites for hydroxylation is 9. The number of nitrogens with one attached hydrogen (secondary N) is 7. The molecule has 33 heteroatoms. The Morgan fingerprint density at radius 2 is 0.849 bits per heavy atom. The maximum Gasteiger partial charge on any atom is 0.292 e. The molecule has 0 spiro atoms. The number of nitrogens with zero attached hydrogens (tertiary/aromatic N) is 11. The van der Waals surface area contributed by atoms with Gasteiger partial charge >= 0.3 is 0 Å². The minimum Gasteiger partial charge on any atom is -0.493 e. The summed E-state index contributed by atoms with van der Waals surface area (Å²) in [6, 6.07) is 20.0. The number of anilines is 5. The van der Waals surface area contributed by atoms with E-state index >= 15 is 0 Å². The third-order valence-electron chi connectivity index (χ3n) is 19.9. The van der Waals surface area contributed by atoms with Gasteiger partial charge in [0.05, 0.1) is 46.3 Å². The number of rotatable bonds is 43. The van der Waals surface area contributed by atoms with Crippen LogP contribution in [0.15, 0.2) is 122 Å². The smallest absolute Gasteiger partial charge is 0.292 e. The summed E-state index contributed by atoms with van der Waals surface area (Å²) in [5, 5.41) is 19.7. The van der Waals surface area contributed by atoms with Crippen molar-refractivity contribution in [2.24, 2.45) is 56.4 Å². The molecule has 7 amide bonds. The van der Waals surface area contributed by atoms with E-state index in [1.165, 1.54) is 62.2 Å². The number of Topliss-reactive ketones (excluding diaryl/α,β-unsaturated/α-hetero) is 6. The predicted molar refractivity (Wildman–Crippen MR) is 449 cm³/mol. The Morgan fingerprint density at radius 1 is 0.387 bits per heavy atom. The van der Waals surface area contributed by atoms with Crippen molar-refractivity contribution >= 4 is 116 Å². The molecule has 0 aliphatic heterocycles. The summed E-state index contributed by atoms with van der Waals surface area (Å²) < 4.78 is 18.3. The molecule has 0 atom stereocenters. The molecule has 2 aromatic carbocycles. The lowest BCUT2D eigenvalue weighted by atomic mass is 10.0. The lowest BCUT2D eigenvalue weighted by Crippen LogP contribution is -2.27. The Bertz CT molecular complexity index is 5530. The Labute approximate surface area is 693 Å². The van der Waals surface area contributed by atoms with Crippen molar-refractivity contribution in [3.8, 4) is 5.75 Å². The Morgan fingerprint density at radius 3 is 1.39 bits per heavy atom. The maximum absolute atomic E-state index is 13.7. The summed E-state index contributed by atoms with van der Waals surface area (Å²) in [6.45, 7) is 5.09. The molecule has 10 rings (SSSR count). The Balaban J connectivity index is 0.601. The molecule has 0 unspecified atom stereocenters. The minimum atomic E-state index is -0.719. The van der Waals surface area contributed by atoms with Crippen LogP contribution in [0.3, 0.4) is 0 Å². The molecule has 0 saturated carbocycles. The van der Waals surface area contributed by atoms with Crippen molar-refractivity contribution in [1.29, 1.82) is 0 Å². The zero-order valence-corrected chi connectivity index (χ0v) is 69.8. The second kappa shape index (κ2) is 40.2. The highest BCUT2D eigenvalue weighted by atomic mass is 35.5. The van der Waals surface area contributed by atoms with Gasteiger partial charge in [0.1, 0.15) is 28.7 Å². The molecular weight excluding hydrogens is 1540 g/mol. The maximum atomic E-state index is 13.7. The molecular formula is C86H101ClN18O14. The summed E-state index contributed by atoms with van der Waals surface area (Å²) in [6.07, 6.45) is 17.0. The van der Waals surface area contributed by atoms with E-state index in [4.69, 9.17) is 16.3 Å². The lowest BCUT2D eigenvalue weighted by molar-refractivity contribution is -0.122. The van der Waals surface area contributed by atoms with Crippen molar-refractivity contribution in [2.75, 3.05) is 66.9 Å². The first-order chi connectivity index (χ1) is 56.6. The first-order valence-corrected chi connectivity index (χ1v) is 39.5. The van der Waals surface area contributed by atoms with E-state index in [1.54, 1.807) is 147 Å². The average molecular weight is 1650 g/mol. The van der Waals surface area contributed by atoms with Crippen LogP contribution in [0.2, 0.25) is 5.02 Å². The van der Waals surface area contributed by atoms with Gasteiger partial charge in [-0.2, -0.15) is 0 Å². The summed E-state index contributed by atoms with van der Waals surface area (Å²) >= 11 is 6.15. The number of unbranched alkanes of at least 4 members (excludes halogenated alkanes) is 2. The molecule has 8 heterocycles. The van der Waals surface area contributed by atoms with Crippen molar-refractivity contribution in [3.05, 3.63) is 212 Å². The standard InChI is InChI=1S/C86H101ClN18O14/c1-13-119-75-26-23-53(34-63(75)82(114)91-58-24-25-64(87)52(2)31-58)32-61(106)19-14-15-22-78(112)88-29-27-79(113)90-59-42-70(103(10)48-59)84(116)95-76-50-105(12)81(93-76)86(118)96-77-51-104(11)80(94-77)85(117)92-60-43-69(102(9)49-60)83(115)89-28-18-20-62(107)33-54-35-66(99(6)44-54)72(109)40-56-37-68(101(8)46-56)74(111)41-57-38-67(100(7)47-57)73(110)39-55-36-65(98(5)45-55)71(108)21-16-17-30-97(3)4/h23-26,31,34-38,42-51H,13-22,27-30,32-33,39-41H2,1-12H3,(H,88,112)(H,89,115)(H,90,113)(H,91,114)(H,92,117)(H,95,116)(H,96,118). The fourth-order valence-corrected chi connectivity index (χ4v) is 14.1. The molecule has 626 valence electrons. The third kappa shape index (κ3) is 24.1. The van der Waals surface area contributed by atoms with Crippen LogP contribution >= 0.6 is 11.6 Å². The van der Waals surface area contributed by atoms with Crippen LogP contribution in [0, 0.1) is 6.92 Å². The molecule has 32 nitrogen and oxygen atoms in total.